The number of hydrogen-bond acceptors (Lipinski definition) is 5. The summed E-state index contributed by atoms with van der Waals surface area (Å²) in [6.45, 7) is 12.1. The molecule has 0 aliphatic carbocycles. The lowest BCUT2D eigenvalue weighted by molar-refractivity contribution is -0.145. The molecule has 166 valence electrons. The maximum absolute atomic E-state index is 12.7. The number of ketones is 2. The molecule has 1 amide bonds. The zero-order valence-corrected chi connectivity index (χ0v) is 19.1. The van der Waals surface area contributed by atoms with E-state index in [4.69, 9.17) is 4.74 Å². The Morgan fingerprint density at radius 2 is 1.65 bits per heavy atom. The van der Waals surface area contributed by atoms with Crippen molar-refractivity contribution in [3.63, 3.8) is 0 Å². The number of esters is 1. The first kappa shape index (κ1) is 24.1. The molecule has 0 saturated carbocycles. The van der Waals surface area contributed by atoms with Crippen LogP contribution in [0.3, 0.4) is 0 Å². The summed E-state index contributed by atoms with van der Waals surface area (Å²) in [6, 6.07) is 7.17. The fraction of sp³-hybridized carbons (Fsp3) is 0.417. The normalized spacial score (nSPS) is 12.2. The van der Waals surface area contributed by atoms with Crippen molar-refractivity contribution in [2.75, 3.05) is 6.54 Å². The molecule has 0 unspecified atom stereocenters. The van der Waals surface area contributed by atoms with Crippen molar-refractivity contribution in [2.24, 2.45) is 0 Å². The molecule has 1 aromatic heterocycles. The highest BCUT2D eigenvalue weighted by molar-refractivity contribution is 6.05. The zero-order chi connectivity index (χ0) is 23.5. The Morgan fingerprint density at radius 1 is 1.06 bits per heavy atom. The average Bonchev–Trinajstić information content (AvgIpc) is 2.99. The van der Waals surface area contributed by atoms with E-state index in [-0.39, 0.29) is 23.4 Å². The number of rotatable bonds is 7. The number of hydrogen-bond donors (Lipinski definition) is 2. The quantitative estimate of drug-likeness (QED) is 0.519. The van der Waals surface area contributed by atoms with Crippen LogP contribution in [0.4, 0.5) is 0 Å². The van der Waals surface area contributed by atoms with Crippen LogP contribution in [-0.4, -0.2) is 41.1 Å². The van der Waals surface area contributed by atoms with Crippen molar-refractivity contribution >= 4 is 23.4 Å². The number of carbonyl (C=O) groups is 4. The first-order valence-electron chi connectivity index (χ1n) is 10.2. The summed E-state index contributed by atoms with van der Waals surface area (Å²) in [5.74, 6) is -1.72. The smallest absolute Gasteiger partial charge is 0.326 e. The van der Waals surface area contributed by atoms with Gasteiger partial charge in [0.1, 0.15) is 6.54 Å². The molecule has 1 heterocycles. The Hall–Kier alpha value is -3.22. The van der Waals surface area contributed by atoms with Crippen molar-refractivity contribution < 1.29 is 23.9 Å². The highest BCUT2D eigenvalue weighted by atomic mass is 16.5. The summed E-state index contributed by atoms with van der Waals surface area (Å²) < 4.78 is 5.17. The zero-order valence-electron chi connectivity index (χ0n) is 19.1. The highest BCUT2D eigenvalue weighted by Crippen LogP contribution is 2.22. The molecule has 0 bridgehead atoms. The molecule has 0 spiro atoms. The van der Waals surface area contributed by atoms with Gasteiger partial charge in [-0.2, -0.15) is 0 Å². The Bertz CT molecular complexity index is 1010. The lowest BCUT2D eigenvalue weighted by Crippen LogP contribution is -2.34. The largest absolute Gasteiger partial charge is 0.453 e. The number of aromatic amines is 1. The number of amides is 1. The molecule has 2 N–H and O–H groups in total. The van der Waals surface area contributed by atoms with Crippen LogP contribution >= 0.6 is 0 Å². The van der Waals surface area contributed by atoms with Crippen molar-refractivity contribution in [1.29, 1.82) is 0 Å². The molecule has 0 radical (unpaired) electrons. The topological polar surface area (TPSA) is 105 Å². The number of ether oxygens (including phenoxy) is 1. The van der Waals surface area contributed by atoms with E-state index in [0.29, 0.717) is 22.4 Å². The number of aryl methyl sites for hydroxylation is 1. The van der Waals surface area contributed by atoms with Crippen molar-refractivity contribution in [3.05, 3.63) is 57.9 Å². The van der Waals surface area contributed by atoms with E-state index in [1.54, 1.807) is 26.0 Å². The minimum Gasteiger partial charge on any atom is -0.453 e. The summed E-state index contributed by atoms with van der Waals surface area (Å²) in [7, 11) is 0. The Morgan fingerprint density at radius 3 is 2.13 bits per heavy atom. The van der Waals surface area contributed by atoms with Crippen molar-refractivity contribution in [1.82, 2.24) is 10.3 Å². The standard InChI is InChI=1S/C24H30N2O5/c1-13-20(15(3)27)14(2)26-21(13)22(29)16(4)31-19(28)12-25-23(30)17-8-10-18(11-9-17)24(5,6)7/h8-11,16,26H,12H2,1-7H3,(H,25,30)/t16-/m1/s1. The van der Waals surface area contributed by atoms with Crippen molar-refractivity contribution in [3.8, 4) is 0 Å². The summed E-state index contributed by atoms with van der Waals surface area (Å²) in [5, 5.41) is 2.50. The van der Waals surface area contributed by atoms with Gasteiger partial charge < -0.3 is 15.0 Å². The lowest BCUT2D eigenvalue weighted by Gasteiger charge is -2.19. The van der Waals surface area contributed by atoms with E-state index in [2.05, 4.69) is 31.1 Å². The predicted molar refractivity (Wildman–Crippen MR) is 118 cm³/mol. The van der Waals surface area contributed by atoms with Gasteiger partial charge >= 0.3 is 5.97 Å². The van der Waals surface area contributed by atoms with Gasteiger partial charge in [0.2, 0.25) is 5.78 Å². The monoisotopic (exact) mass is 426 g/mol. The third kappa shape index (κ3) is 5.69. The van der Waals surface area contributed by atoms with Crippen molar-refractivity contribution in [2.45, 2.75) is 60.0 Å². The molecule has 2 aromatic rings. The maximum atomic E-state index is 12.7. The third-order valence-corrected chi connectivity index (χ3v) is 5.12. The van der Waals surface area contributed by atoms with Crippen LogP contribution in [-0.2, 0) is 14.9 Å². The number of carbonyl (C=O) groups excluding carboxylic acids is 4. The molecule has 0 aliphatic rings. The van der Waals surface area contributed by atoms with Gasteiger partial charge in [0.15, 0.2) is 11.9 Å². The molecule has 1 aromatic carbocycles. The Balaban J connectivity index is 1.95. The molecular weight excluding hydrogens is 396 g/mol. The number of Topliss-reactive ketones (excluding diaryl/α,β-unsaturated/α-hetero) is 2. The molecular formula is C24H30N2O5. The van der Waals surface area contributed by atoms with E-state index in [1.165, 1.54) is 13.8 Å². The lowest BCUT2D eigenvalue weighted by atomic mass is 9.87. The van der Waals surface area contributed by atoms with Crippen LogP contribution in [0, 0.1) is 13.8 Å². The highest BCUT2D eigenvalue weighted by Gasteiger charge is 2.26. The van der Waals surface area contributed by atoms with Gasteiger partial charge in [0.05, 0.1) is 5.69 Å². The van der Waals surface area contributed by atoms with Crippen LogP contribution in [0.15, 0.2) is 24.3 Å². The number of nitrogens with one attached hydrogen (secondary N) is 2. The number of aromatic nitrogens is 1. The van der Waals surface area contributed by atoms with E-state index in [1.807, 2.05) is 12.1 Å². The number of H-pyrrole nitrogens is 1. The fourth-order valence-electron chi connectivity index (χ4n) is 3.40. The first-order chi connectivity index (χ1) is 14.3. The van der Waals surface area contributed by atoms with Gasteiger partial charge in [-0.1, -0.05) is 32.9 Å². The van der Waals surface area contributed by atoms with Gasteiger partial charge in [0.25, 0.3) is 5.91 Å². The average molecular weight is 427 g/mol. The second kappa shape index (κ2) is 9.29. The minimum absolute atomic E-state index is 0.0251. The third-order valence-electron chi connectivity index (χ3n) is 5.12. The van der Waals surface area contributed by atoms with Gasteiger partial charge in [0, 0.05) is 16.8 Å². The summed E-state index contributed by atoms with van der Waals surface area (Å²) >= 11 is 0. The first-order valence-corrected chi connectivity index (χ1v) is 10.2. The number of benzene rings is 1. The molecule has 0 saturated heterocycles. The second-order valence-corrected chi connectivity index (χ2v) is 8.69. The maximum Gasteiger partial charge on any atom is 0.326 e. The summed E-state index contributed by atoms with van der Waals surface area (Å²) in [5.41, 5.74) is 3.33. The second-order valence-electron chi connectivity index (χ2n) is 8.69. The minimum atomic E-state index is -1.06. The predicted octanol–water partition coefficient (Wildman–Crippen LogP) is 3.68. The van der Waals surface area contributed by atoms with Gasteiger partial charge in [-0.25, -0.2) is 0 Å². The molecule has 0 fully saturated rings. The van der Waals surface area contributed by atoms with Gasteiger partial charge in [-0.05, 0) is 56.4 Å². The molecule has 7 nitrogen and oxygen atoms in total. The summed E-state index contributed by atoms with van der Waals surface area (Å²) in [6.07, 6.45) is -1.06. The molecule has 31 heavy (non-hydrogen) atoms. The van der Waals surface area contributed by atoms with Crippen LogP contribution in [0.25, 0.3) is 0 Å². The molecule has 7 heteroatoms. The van der Waals surface area contributed by atoms with Gasteiger partial charge in [-0.15, -0.1) is 0 Å². The van der Waals surface area contributed by atoms with E-state index >= 15 is 0 Å². The summed E-state index contributed by atoms with van der Waals surface area (Å²) in [4.78, 5) is 51.7. The molecule has 2 rings (SSSR count). The van der Waals surface area contributed by atoms with E-state index in [9.17, 15) is 19.2 Å². The van der Waals surface area contributed by atoms with Crippen LogP contribution in [0.2, 0.25) is 0 Å². The SMILES string of the molecule is CC(=O)c1c(C)[nH]c(C(=O)[C@@H](C)OC(=O)CNC(=O)c2ccc(C(C)(C)C)cc2)c1C. The molecule has 1 atom stereocenters. The van der Waals surface area contributed by atoms with Crippen LogP contribution in [0.1, 0.15) is 82.6 Å². The van der Waals surface area contributed by atoms with Gasteiger partial charge in [-0.3, -0.25) is 19.2 Å². The Labute approximate surface area is 182 Å². The fourth-order valence-corrected chi connectivity index (χ4v) is 3.40. The van der Waals surface area contributed by atoms with Crippen LogP contribution < -0.4 is 5.32 Å². The Kier molecular flexibility index (Phi) is 7.21. The van der Waals surface area contributed by atoms with Crippen LogP contribution in [0.5, 0.6) is 0 Å². The van der Waals surface area contributed by atoms with E-state index < -0.39 is 23.8 Å². The molecule has 0 aliphatic heterocycles. The van der Waals surface area contributed by atoms with E-state index in [0.717, 1.165) is 5.56 Å².